The van der Waals surface area contributed by atoms with E-state index in [1.165, 1.54) is 13.1 Å². The molecule has 0 aliphatic carbocycles. The number of carbonyl (C=O) groups excluding carboxylic acids is 1. The van der Waals surface area contributed by atoms with Crippen LogP contribution in [-0.2, 0) is 4.79 Å². The Morgan fingerprint density at radius 3 is 2.76 bits per heavy atom. The van der Waals surface area contributed by atoms with Crippen LogP contribution in [0.5, 0.6) is 0 Å². The Labute approximate surface area is 131 Å². The summed E-state index contributed by atoms with van der Waals surface area (Å²) in [6.07, 6.45) is 0.215. The van der Waals surface area contributed by atoms with E-state index in [-0.39, 0.29) is 0 Å². The second-order valence-electron chi connectivity index (χ2n) is 4.24. The fourth-order valence-corrected chi connectivity index (χ4v) is 1.78. The zero-order chi connectivity index (χ0) is 15.4. The first-order chi connectivity index (χ1) is 9.97. The van der Waals surface area contributed by atoms with Gasteiger partial charge in [0.1, 0.15) is 17.6 Å². The summed E-state index contributed by atoms with van der Waals surface area (Å²) in [7, 11) is 0. The molecule has 0 fully saturated rings. The average Bonchev–Trinajstić information content (AvgIpc) is 2.90. The first-order valence-corrected chi connectivity index (χ1v) is 6.79. The van der Waals surface area contributed by atoms with Gasteiger partial charge >= 0.3 is 0 Å². The average molecular weight is 327 g/mol. The number of nitrogens with zero attached hydrogens (tertiary/aromatic N) is 1. The van der Waals surface area contributed by atoms with Crippen LogP contribution in [0, 0.1) is 0 Å². The van der Waals surface area contributed by atoms with E-state index in [2.05, 4.69) is 10.5 Å². The summed E-state index contributed by atoms with van der Waals surface area (Å²) in [5, 5.41) is 13.6. The Bertz CT molecular complexity index is 681. The van der Waals surface area contributed by atoms with Crippen molar-refractivity contribution >= 4 is 35.3 Å². The van der Waals surface area contributed by atoms with Crippen molar-refractivity contribution in [3.05, 3.63) is 46.1 Å². The fraction of sp³-hybridized carbons (Fsp3) is 0.143. The van der Waals surface area contributed by atoms with E-state index in [0.717, 1.165) is 5.56 Å². The van der Waals surface area contributed by atoms with Gasteiger partial charge in [0.15, 0.2) is 0 Å². The van der Waals surface area contributed by atoms with Crippen molar-refractivity contribution in [1.82, 2.24) is 5.43 Å². The molecule has 2 rings (SSSR count). The summed E-state index contributed by atoms with van der Waals surface area (Å²) in [6.45, 7) is 1.35. The third-order valence-corrected chi connectivity index (χ3v) is 3.32. The Morgan fingerprint density at radius 1 is 1.33 bits per heavy atom. The molecule has 7 heteroatoms. The van der Waals surface area contributed by atoms with E-state index in [1.54, 1.807) is 30.3 Å². The van der Waals surface area contributed by atoms with Gasteiger partial charge in [-0.25, -0.2) is 5.43 Å². The molecule has 0 aliphatic heterocycles. The number of aliphatic hydroxyl groups excluding tert-OH is 1. The summed E-state index contributed by atoms with van der Waals surface area (Å²) in [6, 6.07) is 8.59. The molecule has 0 unspecified atom stereocenters. The van der Waals surface area contributed by atoms with Gasteiger partial charge in [-0.05, 0) is 37.3 Å². The van der Waals surface area contributed by atoms with Gasteiger partial charge in [-0.1, -0.05) is 23.2 Å². The minimum absolute atomic E-state index is 0.435. The molecule has 0 spiro atoms. The predicted molar refractivity (Wildman–Crippen MR) is 81.6 cm³/mol. The molecule has 0 saturated carbocycles. The number of aliphatic hydroxyl groups is 1. The van der Waals surface area contributed by atoms with E-state index in [9.17, 15) is 4.79 Å². The van der Waals surface area contributed by atoms with Crippen LogP contribution in [-0.4, -0.2) is 23.3 Å². The van der Waals surface area contributed by atoms with Crippen LogP contribution in [0.4, 0.5) is 0 Å². The third-order valence-electron chi connectivity index (χ3n) is 2.58. The number of amides is 1. The molecule has 0 radical (unpaired) electrons. The highest BCUT2D eigenvalue weighted by Gasteiger charge is 2.08. The number of furan rings is 1. The number of hydrogen-bond donors (Lipinski definition) is 2. The van der Waals surface area contributed by atoms with Gasteiger partial charge in [0.25, 0.3) is 5.91 Å². The molecule has 1 aromatic heterocycles. The highest BCUT2D eigenvalue weighted by Crippen LogP contribution is 2.29. The molecular formula is C14H12Cl2N2O3. The van der Waals surface area contributed by atoms with Gasteiger partial charge < -0.3 is 9.52 Å². The maximum absolute atomic E-state index is 11.1. The molecule has 0 saturated heterocycles. The minimum Gasteiger partial charge on any atom is -0.455 e. The number of nitrogens with one attached hydrogen (secondary N) is 1. The highest BCUT2D eigenvalue weighted by molar-refractivity contribution is 6.42. The predicted octanol–water partition coefficient (Wildman–Crippen LogP) is 3.08. The minimum atomic E-state index is -1.12. The summed E-state index contributed by atoms with van der Waals surface area (Å²) in [5.41, 5.74) is 2.95. The summed E-state index contributed by atoms with van der Waals surface area (Å²) in [4.78, 5) is 11.1. The molecule has 5 nitrogen and oxygen atoms in total. The zero-order valence-electron chi connectivity index (χ0n) is 11.0. The number of hydrogen-bond acceptors (Lipinski definition) is 4. The van der Waals surface area contributed by atoms with E-state index in [4.69, 9.17) is 32.7 Å². The lowest BCUT2D eigenvalue weighted by molar-refractivity contribution is -0.128. The number of rotatable bonds is 4. The molecule has 110 valence electrons. The maximum atomic E-state index is 11.1. The van der Waals surface area contributed by atoms with Crippen LogP contribution < -0.4 is 5.43 Å². The van der Waals surface area contributed by atoms with Crippen molar-refractivity contribution in [1.29, 1.82) is 0 Å². The van der Waals surface area contributed by atoms with Crippen LogP contribution >= 0.6 is 23.2 Å². The van der Waals surface area contributed by atoms with Gasteiger partial charge in [0, 0.05) is 5.56 Å². The van der Waals surface area contributed by atoms with Crippen molar-refractivity contribution in [2.45, 2.75) is 13.0 Å². The largest absolute Gasteiger partial charge is 0.455 e. The van der Waals surface area contributed by atoms with Crippen molar-refractivity contribution in [2.24, 2.45) is 5.10 Å². The molecule has 21 heavy (non-hydrogen) atoms. The molecule has 0 bridgehead atoms. The third kappa shape index (κ3) is 4.07. The van der Waals surface area contributed by atoms with E-state index >= 15 is 0 Å². The smallest absolute Gasteiger partial charge is 0.268 e. The van der Waals surface area contributed by atoms with Gasteiger partial charge in [-0.2, -0.15) is 5.10 Å². The second kappa shape index (κ2) is 6.76. The van der Waals surface area contributed by atoms with E-state index in [0.29, 0.717) is 21.6 Å². The lowest BCUT2D eigenvalue weighted by Gasteiger charge is -2.00. The van der Waals surface area contributed by atoms with Crippen molar-refractivity contribution < 1.29 is 14.3 Å². The maximum Gasteiger partial charge on any atom is 0.268 e. The van der Waals surface area contributed by atoms with Crippen molar-refractivity contribution in [3.63, 3.8) is 0 Å². The van der Waals surface area contributed by atoms with Crippen molar-refractivity contribution in [3.8, 4) is 11.3 Å². The Morgan fingerprint density at radius 2 is 2.10 bits per heavy atom. The molecule has 1 heterocycles. The molecule has 1 aromatic carbocycles. The Hall–Kier alpha value is -1.82. The number of benzene rings is 1. The quantitative estimate of drug-likeness (QED) is 0.669. The Balaban J connectivity index is 2.09. The summed E-state index contributed by atoms with van der Waals surface area (Å²) >= 11 is 11.8. The van der Waals surface area contributed by atoms with Crippen LogP contribution in [0.15, 0.2) is 39.9 Å². The van der Waals surface area contributed by atoms with E-state index < -0.39 is 12.0 Å². The first-order valence-electron chi connectivity index (χ1n) is 6.03. The van der Waals surface area contributed by atoms with Crippen molar-refractivity contribution in [2.75, 3.05) is 0 Å². The molecular weight excluding hydrogens is 315 g/mol. The number of halogens is 2. The van der Waals surface area contributed by atoms with Gasteiger partial charge in [-0.15, -0.1) is 0 Å². The monoisotopic (exact) mass is 326 g/mol. The van der Waals surface area contributed by atoms with Crippen LogP contribution in [0.2, 0.25) is 10.0 Å². The first kappa shape index (κ1) is 15.6. The van der Waals surface area contributed by atoms with Crippen LogP contribution in [0.25, 0.3) is 11.3 Å². The van der Waals surface area contributed by atoms with Gasteiger partial charge in [-0.3, -0.25) is 4.79 Å². The Kier molecular flexibility index (Phi) is 5.01. The van der Waals surface area contributed by atoms with E-state index in [1.807, 2.05) is 0 Å². The topological polar surface area (TPSA) is 74.8 Å². The number of carbonyl (C=O) groups is 1. The zero-order valence-corrected chi connectivity index (χ0v) is 12.5. The summed E-state index contributed by atoms with van der Waals surface area (Å²) < 4.78 is 5.54. The van der Waals surface area contributed by atoms with Crippen LogP contribution in [0.1, 0.15) is 12.7 Å². The fourth-order valence-electron chi connectivity index (χ4n) is 1.48. The highest BCUT2D eigenvalue weighted by atomic mass is 35.5. The lowest BCUT2D eigenvalue weighted by Crippen LogP contribution is -2.28. The molecule has 1 atom stereocenters. The van der Waals surface area contributed by atoms with Gasteiger partial charge in [0.2, 0.25) is 0 Å². The molecule has 2 N–H and O–H groups in total. The second-order valence-corrected chi connectivity index (χ2v) is 5.06. The van der Waals surface area contributed by atoms with Crippen LogP contribution in [0.3, 0.4) is 0 Å². The molecule has 2 aromatic rings. The SMILES string of the molecule is C[C@H](O)C(=O)N/N=C/c1ccc(-c2ccc(Cl)c(Cl)c2)o1. The normalized spacial score (nSPS) is 12.6. The standard InChI is InChI=1S/C14H12Cl2N2O3/c1-8(19)14(20)18-17-7-10-3-5-13(21-10)9-2-4-11(15)12(16)6-9/h2-8,19H,1H3,(H,18,20)/b17-7+/t8-/m0/s1. The molecule has 0 aliphatic rings. The molecule has 1 amide bonds. The number of hydrazone groups is 1. The van der Waals surface area contributed by atoms with Gasteiger partial charge in [0.05, 0.1) is 16.3 Å². The lowest BCUT2D eigenvalue weighted by atomic mass is 10.2. The summed E-state index contributed by atoms with van der Waals surface area (Å²) in [5.74, 6) is 0.446.